The molecule has 0 aromatic carbocycles. The van der Waals surface area contributed by atoms with Crippen LogP contribution in [0.1, 0.15) is 27.7 Å². The molecule has 11 heavy (non-hydrogen) atoms. The second-order valence-electron chi connectivity index (χ2n) is 3.54. The summed E-state index contributed by atoms with van der Waals surface area (Å²) in [5, 5.41) is 0. The minimum Gasteiger partial charge on any atom is -0.544 e. The molecule has 0 bridgehead atoms. The van der Waals surface area contributed by atoms with E-state index in [9.17, 15) is 0 Å². The van der Waals surface area contributed by atoms with Gasteiger partial charge >= 0.3 is 7.69 Å². The monoisotopic (exact) mass is 155 g/mol. The van der Waals surface area contributed by atoms with Crippen molar-refractivity contribution in [1.82, 2.24) is 0 Å². The molecule has 1 unspecified atom stereocenters. The minimum atomic E-state index is 0.140. The van der Waals surface area contributed by atoms with Crippen LogP contribution >= 0.6 is 0 Å². The summed E-state index contributed by atoms with van der Waals surface area (Å²) < 4.78 is 9.94. The van der Waals surface area contributed by atoms with Gasteiger partial charge in [-0.05, 0) is 12.3 Å². The lowest BCUT2D eigenvalue weighted by Crippen LogP contribution is -2.27. The van der Waals surface area contributed by atoms with Gasteiger partial charge in [0.25, 0.3) is 0 Å². The van der Waals surface area contributed by atoms with Crippen molar-refractivity contribution in [2.24, 2.45) is 5.41 Å². The Morgan fingerprint density at radius 1 is 1.45 bits per heavy atom. The number of hydrogen-bond acceptors (Lipinski definition) is 2. The van der Waals surface area contributed by atoms with Crippen LogP contribution in [-0.4, -0.2) is 13.8 Å². The standard InChI is InChI=1S/C8H16BO2/c1-6-10-9-11-7(2)8(3,4)5/h6-7H,1H2,2-5H3. The highest BCUT2D eigenvalue weighted by Gasteiger charge is 2.20. The SMILES string of the molecule is C=CO[B]OC(C)C(C)(C)C. The summed E-state index contributed by atoms with van der Waals surface area (Å²) in [4.78, 5) is 0. The molecule has 0 amide bonds. The van der Waals surface area contributed by atoms with E-state index in [0.717, 1.165) is 0 Å². The Hall–Kier alpha value is -0.435. The van der Waals surface area contributed by atoms with Gasteiger partial charge in [-0.25, -0.2) is 0 Å². The third-order valence-electron chi connectivity index (χ3n) is 1.63. The smallest absolute Gasteiger partial charge is 0.544 e. The van der Waals surface area contributed by atoms with Gasteiger partial charge in [0.2, 0.25) is 0 Å². The van der Waals surface area contributed by atoms with E-state index in [1.807, 2.05) is 6.92 Å². The Labute approximate surface area is 69.9 Å². The van der Waals surface area contributed by atoms with E-state index < -0.39 is 0 Å². The molecule has 0 aromatic rings. The molecule has 0 N–H and O–H groups in total. The minimum absolute atomic E-state index is 0.140. The molecule has 0 aliphatic heterocycles. The fourth-order valence-electron chi connectivity index (χ4n) is 0.359. The molecule has 0 fully saturated rings. The molecule has 63 valence electrons. The largest absolute Gasteiger partial charge is 0.572 e. The van der Waals surface area contributed by atoms with Crippen LogP contribution in [-0.2, 0) is 9.31 Å². The summed E-state index contributed by atoms with van der Waals surface area (Å²) in [5.74, 6) is 0. The molecule has 0 saturated carbocycles. The summed E-state index contributed by atoms with van der Waals surface area (Å²) in [5.41, 5.74) is 0.140. The molecular weight excluding hydrogens is 139 g/mol. The van der Waals surface area contributed by atoms with Gasteiger partial charge in [-0.3, -0.25) is 0 Å². The zero-order valence-corrected chi connectivity index (χ0v) is 7.76. The highest BCUT2D eigenvalue weighted by molar-refractivity contribution is 6.18. The third kappa shape index (κ3) is 4.90. The van der Waals surface area contributed by atoms with Crippen LogP contribution in [0.2, 0.25) is 0 Å². The van der Waals surface area contributed by atoms with Gasteiger partial charge in [0.15, 0.2) is 0 Å². The zero-order valence-electron chi connectivity index (χ0n) is 7.76. The van der Waals surface area contributed by atoms with Crippen LogP contribution in [0.4, 0.5) is 0 Å². The Bertz CT molecular complexity index is 118. The second-order valence-corrected chi connectivity index (χ2v) is 3.54. The quantitative estimate of drug-likeness (QED) is 0.351. The van der Waals surface area contributed by atoms with E-state index in [0.29, 0.717) is 0 Å². The van der Waals surface area contributed by atoms with Crippen molar-refractivity contribution in [3.63, 3.8) is 0 Å². The lowest BCUT2D eigenvalue weighted by atomic mass is 9.90. The lowest BCUT2D eigenvalue weighted by molar-refractivity contribution is 0.0904. The van der Waals surface area contributed by atoms with Crippen molar-refractivity contribution >= 4 is 7.69 Å². The molecular formula is C8H16BO2. The zero-order chi connectivity index (χ0) is 8.91. The van der Waals surface area contributed by atoms with E-state index in [2.05, 4.69) is 27.4 Å². The van der Waals surface area contributed by atoms with Crippen molar-refractivity contribution < 1.29 is 9.31 Å². The molecule has 0 saturated heterocycles. The van der Waals surface area contributed by atoms with Crippen LogP contribution in [0.3, 0.4) is 0 Å². The molecule has 0 aliphatic rings. The van der Waals surface area contributed by atoms with Crippen LogP contribution in [0.5, 0.6) is 0 Å². The first-order valence-electron chi connectivity index (χ1n) is 3.72. The highest BCUT2D eigenvalue weighted by Crippen LogP contribution is 2.20. The second kappa shape index (κ2) is 4.44. The van der Waals surface area contributed by atoms with Gasteiger partial charge < -0.3 is 9.31 Å². The molecule has 2 nitrogen and oxygen atoms in total. The first-order valence-corrected chi connectivity index (χ1v) is 3.72. The van der Waals surface area contributed by atoms with E-state index in [-0.39, 0.29) is 11.5 Å². The predicted octanol–water partition coefficient (Wildman–Crippen LogP) is 2.13. The molecule has 0 spiro atoms. The first-order chi connectivity index (χ1) is 4.98. The van der Waals surface area contributed by atoms with E-state index >= 15 is 0 Å². The van der Waals surface area contributed by atoms with Gasteiger partial charge in [0, 0.05) is 6.10 Å². The Balaban J connectivity index is 3.52. The average Bonchev–Trinajstić information content (AvgIpc) is 1.86. The first kappa shape index (κ1) is 10.6. The van der Waals surface area contributed by atoms with E-state index in [1.165, 1.54) is 13.9 Å². The van der Waals surface area contributed by atoms with Crippen LogP contribution in [0, 0.1) is 5.41 Å². The maximum Gasteiger partial charge on any atom is 0.572 e. The highest BCUT2D eigenvalue weighted by atomic mass is 16.6. The van der Waals surface area contributed by atoms with Crippen molar-refractivity contribution in [3.05, 3.63) is 12.8 Å². The number of hydrogen-bond donors (Lipinski definition) is 0. The molecule has 0 heterocycles. The summed E-state index contributed by atoms with van der Waals surface area (Å²) in [7, 11) is 1.31. The molecule has 0 aliphatic carbocycles. The predicted molar refractivity (Wildman–Crippen MR) is 47.0 cm³/mol. The lowest BCUT2D eigenvalue weighted by Gasteiger charge is -2.26. The van der Waals surface area contributed by atoms with Gasteiger partial charge in [-0.2, -0.15) is 0 Å². The van der Waals surface area contributed by atoms with Crippen molar-refractivity contribution in [2.75, 3.05) is 0 Å². The third-order valence-corrected chi connectivity index (χ3v) is 1.63. The van der Waals surface area contributed by atoms with Crippen LogP contribution in [0.15, 0.2) is 12.8 Å². The topological polar surface area (TPSA) is 18.5 Å². The summed E-state index contributed by atoms with van der Waals surface area (Å²) in [6.45, 7) is 11.7. The van der Waals surface area contributed by atoms with Crippen molar-refractivity contribution in [2.45, 2.75) is 33.8 Å². The molecule has 1 radical (unpaired) electrons. The molecule has 0 aromatic heterocycles. The molecule has 1 atom stereocenters. The Kier molecular flexibility index (Phi) is 4.27. The van der Waals surface area contributed by atoms with Crippen LogP contribution < -0.4 is 0 Å². The van der Waals surface area contributed by atoms with Gasteiger partial charge in [0.05, 0.1) is 6.26 Å². The van der Waals surface area contributed by atoms with E-state index in [4.69, 9.17) is 9.31 Å². The molecule has 3 heteroatoms. The maximum atomic E-state index is 5.23. The summed E-state index contributed by atoms with van der Waals surface area (Å²) in [6.07, 6.45) is 1.47. The van der Waals surface area contributed by atoms with Crippen molar-refractivity contribution in [1.29, 1.82) is 0 Å². The van der Waals surface area contributed by atoms with Gasteiger partial charge in [-0.1, -0.05) is 27.4 Å². The Morgan fingerprint density at radius 2 is 2.00 bits per heavy atom. The fourth-order valence-corrected chi connectivity index (χ4v) is 0.359. The summed E-state index contributed by atoms with van der Waals surface area (Å²) >= 11 is 0. The van der Waals surface area contributed by atoms with Gasteiger partial charge in [0.1, 0.15) is 0 Å². The summed E-state index contributed by atoms with van der Waals surface area (Å²) in [6, 6.07) is 0. The van der Waals surface area contributed by atoms with Crippen molar-refractivity contribution in [3.8, 4) is 0 Å². The van der Waals surface area contributed by atoms with Gasteiger partial charge in [-0.15, -0.1) is 0 Å². The van der Waals surface area contributed by atoms with Crippen LogP contribution in [0.25, 0.3) is 0 Å². The fraction of sp³-hybridized carbons (Fsp3) is 0.750. The van der Waals surface area contributed by atoms with E-state index in [1.54, 1.807) is 0 Å². The maximum absolute atomic E-state index is 5.23. The Morgan fingerprint density at radius 3 is 2.36 bits per heavy atom. The normalized spacial score (nSPS) is 13.8. The number of rotatable bonds is 4. The molecule has 0 rings (SSSR count). The average molecular weight is 155 g/mol.